The minimum absolute atomic E-state index is 0. The van der Waals surface area contributed by atoms with Gasteiger partial charge in [-0.15, -0.1) is 23.7 Å². The van der Waals surface area contributed by atoms with E-state index in [-0.39, 0.29) is 23.5 Å². The van der Waals surface area contributed by atoms with Gasteiger partial charge in [0, 0.05) is 34.9 Å². The van der Waals surface area contributed by atoms with Crippen molar-refractivity contribution in [1.29, 1.82) is 0 Å². The molecule has 0 amide bonds. The van der Waals surface area contributed by atoms with Gasteiger partial charge in [-0.1, -0.05) is 0 Å². The smallest absolute Gasteiger partial charge is 0.339 e. The Balaban J connectivity index is 0.00000196. The number of halogens is 1. The quantitative estimate of drug-likeness (QED) is 0.524. The van der Waals surface area contributed by atoms with E-state index in [0.29, 0.717) is 10.6 Å². The standard InChI is InChI=1S/C17H12N4O3S.ClH/c1-24-17(23)9-5-11(15(22)20-6-9)16-21-13(8-25-16)12-7-19-14-10(12)3-2-4-18-14;/h2-8H,1H3,(H,18,19)(H,20,22);1H. The van der Waals surface area contributed by atoms with Crippen molar-refractivity contribution in [2.45, 2.75) is 0 Å². The maximum absolute atomic E-state index is 12.1. The number of thiazole rings is 1. The molecule has 9 heteroatoms. The summed E-state index contributed by atoms with van der Waals surface area (Å²) in [5.41, 5.74) is 2.71. The number of ether oxygens (including phenoxy) is 1. The highest BCUT2D eigenvalue weighted by atomic mass is 35.5. The summed E-state index contributed by atoms with van der Waals surface area (Å²) in [5, 5.41) is 3.35. The van der Waals surface area contributed by atoms with E-state index in [4.69, 9.17) is 4.74 Å². The number of hydrogen-bond acceptors (Lipinski definition) is 6. The Morgan fingerprint density at radius 1 is 1.23 bits per heavy atom. The number of H-pyrrole nitrogens is 2. The molecule has 0 fully saturated rings. The van der Waals surface area contributed by atoms with E-state index in [1.807, 2.05) is 23.7 Å². The Morgan fingerprint density at radius 3 is 2.88 bits per heavy atom. The number of esters is 1. The molecule has 132 valence electrons. The summed E-state index contributed by atoms with van der Waals surface area (Å²) in [6.45, 7) is 0. The molecule has 0 aliphatic carbocycles. The number of methoxy groups -OCH3 is 1. The highest BCUT2D eigenvalue weighted by molar-refractivity contribution is 7.13. The number of hydrogen-bond donors (Lipinski definition) is 2. The van der Waals surface area contributed by atoms with Gasteiger partial charge in [0.05, 0.1) is 23.9 Å². The monoisotopic (exact) mass is 388 g/mol. The maximum Gasteiger partial charge on any atom is 0.339 e. The fourth-order valence-electron chi connectivity index (χ4n) is 2.57. The van der Waals surface area contributed by atoms with Crippen LogP contribution in [-0.4, -0.2) is 33.0 Å². The molecule has 4 heterocycles. The van der Waals surface area contributed by atoms with E-state index in [1.165, 1.54) is 30.7 Å². The van der Waals surface area contributed by atoms with Crippen LogP contribution in [0.5, 0.6) is 0 Å². The molecule has 0 unspecified atom stereocenters. The van der Waals surface area contributed by atoms with E-state index in [1.54, 1.807) is 6.20 Å². The Morgan fingerprint density at radius 2 is 2.08 bits per heavy atom. The second kappa shape index (κ2) is 7.11. The lowest BCUT2D eigenvalue weighted by atomic mass is 10.2. The first kappa shape index (κ1) is 17.8. The molecule has 0 saturated heterocycles. The zero-order chi connectivity index (χ0) is 17.4. The molecule has 0 spiro atoms. The maximum atomic E-state index is 12.1. The van der Waals surface area contributed by atoms with Crippen molar-refractivity contribution in [3.8, 4) is 21.8 Å². The molecule has 0 bridgehead atoms. The Hall–Kier alpha value is -2.97. The summed E-state index contributed by atoms with van der Waals surface area (Å²) >= 11 is 1.33. The number of aromatic nitrogens is 4. The van der Waals surface area contributed by atoms with Crippen LogP contribution in [0.1, 0.15) is 10.4 Å². The summed E-state index contributed by atoms with van der Waals surface area (Å²) < 4.78 is 4.69. The molecule has 0 atom stereocenters. The van der Waals surface area contributed by atoms with Gasteiger partial charge in [-0.3, -0.25) is 4.79 Å². The fraction of sp³-hybridized carbons (Fsp3) is 0.0588. The van der Waals surface area contributed by atoms with Crippen LogP contribution in [0.4, 0.5) is 0 Å². The van der Waals surface area contributed by atoms with Crippen LogP contribution < -0.4 is 5.56 Å². The first-order valence-corrected chi connectivity index (χ1v) is 8.25. The minimum atomic E-state index is -0.517. The van der Waals surface area contributed by atoms with Gasteiger partial charge in [-0.2, -0.15) is 0 Å². The number of rotatable bonds is 3. The Labute approximate surface area is 157 Å². The first-order chi connectivity index (χ1) is 12.2. The van der Waals surface area contributed by atoms with Gasteiger partial charge in [-0.25, -0.2) is 14.8 Å². The summed E-state index contributed by atoms with van der Waals surface area (Å²) in [5.74, 6) is -0.517. The van der Waals surface area contributed by atoms with Crippen LogP contribution in [-0.2, 0) is 4.74 Å². The molecule has 0 radical (unpaired) electrons. The lowest BCUT2D eigenvalue weighted by Crippen LogP contribution is -2.12. The lowest BCUT2D eigenvalue weighted by molar-refractivity contribution is 0.0600. The topological polar surface area (TPSA) is 101 Å². The summed E-state index contributed by atoms with van der Waals surface area (Å²) in [6.07, 6.45) is 4.88. The second-order valence-electron chi connectivity index (χ2n) is 5.26. The number of carbonyl (C=O) groups is 1. The molecule has 4 rings (SSSR count). The molecule has 4 aromatic heterocycles. The van der Waals surface area contributed by atoms with Crippen molar-refractivity contribution in [2.75, 3.05) is 7.11 Å². The lowest BCUT2D eigenvalue weighted by Gasteiger charge is -2.00. The van der Waals surface area contributed by atoms with Gasteiger partial charge in [0.1, 0.15) is 10.7 Å². The van der Waals surface area contributed by atoms with Gasteiger partial charge in [0.25, 0.3) is 5.56 Å². The normalized spacial score (nSPS) is 10.5. The average Bonchev–Trinajstić information content (AvgIpc) is 3.28. The third kappa shape index (κ3) is 3.00. The average molecular weight is 389 g/mol. The first-order valence-electron chi connectivity index (χ1n) is 7.37. The number of carbonyl (C=O) groups excluding carboxylic acids is 1. The Bertz CT molecular complexity index is 1150. The molecule has 0 aliphatic heterocycles. The van der Waals surface area contributed by atoms with E-state index < -0.39 is 5.97 Å². The fourth-order valence-corrected chi connectivity index (χ4v) is 3.40. The van der Waals surface area contributed by atoms with Crippen molar-refractivity contribution >= 4 is 40.7 Å². The predicted octanol–water partition coefficient (Wildman–Crippen LogP) is 3.25. The van der Waals surface area contributed by atoms with E-state index >= 15 is 0 Å². The molecule has 26 heavy (non-hydrogen) atoms. The van der Waals surface area contributed by atoms with Crippen LogP contribution in [0.3, 0.4) is 0 Å². The van der Waals surface area contributed by atoms with Gasteiger partial charge >= 0.3 is 5.97 Å². The van der Waals surface area contributed by atoms with Crippen LogP contribution in [0.2, 0.25) is 0 Å². The number of nitrogens with zero attached hydrogens (tertiary/aromatic N) is 2. The summed E-state index contributed by atoms with van der Waals surface area (Å²) in [4.78, 5) is 38.3. The van der Waals surface area contributed by atoms with Crippen LogP contribution in [0, 0.1) is 0 Å². The molecular formula is C17H13ClN4O3S. The van der Waals surface area contributed by atoms with E-state index in [0.717, 1.165) is 22.3 Å². The van der Waals surface area contributed by atoms with E-state index in [9.17, 15) is 9.59 Å². The third-order valence-corrected chi connectivity index (χ3v) is 4.66. The number of aromatic amines is 2. The largest absolute Gasteiger partial charge is 0.465 e. The molecule has 0 aromatic carbocycles. The van der Waals surface area contributed by atoms with Gasteiger partial charge in [-0.05, 0) is 18.2 Å². The zero-order valence-corrected chi connectivity index (χ0v) is 15.1. The van der Waals surface area contributed by atoms with Crippen molar-refractivity contribution in [3.63, 3.8) is 0 Å². The SMILES string of the molecule is COC(=O)c1c[nH]c(=O)c(-c2nc(-c3c[nH]c4ncccc34)cs2)c1.Cl. The van der Waals surface area contributed by atoms with Gasteiger partial charge in [0.2, 0.25) is 0 Å². The molecule has 2 N–H and O–H groups in total. The zero-order valence-electron chi connectivity index (χ0n) is 13.5. The Kier molecular flexibility index (Phi) is 4.88. The molecule has 4 aromatic rings. The highest BCUT2D eigenvalue weighted by Crippen LogP contribution is 2.31. The molecule has 0 saturated carbocycles. The summed E-state index contributed by atoms with van der Waals surface area (Å²) in [7, 11) is 1.29. The van der Waals surface area contributed by atoms with E-state index in [2.05, 4.69) is 19.9 Å². The molecular weight excluding hydrogens is 376 g/mol. The van der Waals surface area contributed by atoms with Crippen molar-refractivity contribution in [2.24, 2.45) is 0 Å². The van der Waals surface area contributed by atoms with Crippen molar-refractivity contribution < 1.29 is 9.53 Å². The molecule has 7 nitrogen and oxygen atoms in total. The minimum Gasteiger partial charge on any atom is -0.465 e. The number of pyridine rings is 2. The van der Waals surface area contributed by atoms with Crippen LogP contribution >= 0.6 is 23.7 Å². The third-order valence-electron chi connectivity index (χ3n) is 3.79. The molecule has 0 aliphatic rings. The highest BCUT2D eigenvalue weighted by Gasteiger charge is 2.15. The van der Waals surface area contributed by atoms with Crippen molar-refractivity contribution in [3.05, 3.63) is 58.1 Å². The van der Waals surface area contributed by atoms with Gasteiger partial charge < -0.3 is 14.7 Å². The van der Waals surface area contributed by atoms with Crippen LogP contribution in [0.15, 0.2) is 47.0 Å². The predicted molar refractivity (Wildman–Crippen MR) is 102 cm³/mol. The second-order valence-corrected chi connectivity index (χ2v) is 6.12. The van der Waals surface area contributed by atoms with Crippen LogP contribution in [0.25, 0.3) is 32.9 Å². The van der Waals surface area contributed by atoms with Crippen molar-refractivity contribution in [1.82, 2.24) is 19.9 Å². The summed E-state index contributed by atoms with van der Waals surface area (Å²) in [6, 6.07) is 5.30. The number of fused-ring (bicyclic) bond motifs is 1. The number of nitrogens with one attached hydrogen (secondary N) is 2. The van der Waals surface area contributed by atoms with Gasteiger partial charge in [0.15, 0.2) is 0 Å².